The van der Waals surface area contributed by atoms with Gasteiger partial charge in [0.05, 0.1) is 42.6 Å². The first-order valence-corrected chi connectivity index (χ1v) is 17.4. The number of fused-ring (bicyclic) bond motifs is 3. The van der Waals surface area contributed by atoms with Crippen LogP contribution in [-0.4, -0.2) is 73.9 Å². The standard InChI is InChI=1S/C38H44FN7O4/c1-5-8-34(47)46-26(7-3)12-16-32(46)37-40-20-31(43-37)28-14-10-24(19-29(28)39)23-9-13-27-25(18-23)11-15-30-36(27)44-33(42-30)22-45(17-6-2)35(48)21-41-38(49)50-4/h9-11,13-15,18-20,26,32H,5-8,12,16-17,21-22H2,1-4H3,(H,40,43)(H,41,49)(H,42,44)/t26-,32?/m0/s1. The van der Waals surface area contributed by atoms with E-state index >= 15 is 4.39 Å². The molecule has 2 aromatic heterocycles. The lowest BCUT2D eigenvalue weighted by atomic mass is 9.99. The molecule has 0 saturated carbocycles. The zero-order valence-corrected chi connectivity index (χ0v) is 29.0. The number of hydrogen-bond acceptors (Lipinski definition) is 6. The highest BCUT2D eigenvalue weighted by Gasteiger charge is 2.37. The number of benzene rings is 3. The summed E-state index contributed by atoms with van der Waals surface area (Å²) in [5.74, 6) is 0.886. The van der Waals surface area contributed by atoms with Gasteiger partial charge in [0.15, 0.2) is 0 Å². The molecule has 0 radical (unpaired) electrons. The number of aromatic amines is 2. The number of halogens is 1. The summed E-state index contributed by atoms with van der Waals surface area (Å²) in [6.45, 7) is 6.72. The summed E-state index contributed by atoms with van der Waals surface area (Å²) in [6.07, 6.45) is 5.73. The van der Waals surface area contributed by atoms with Gasteiger partial charge in [-0.3, -0.25) is 9.59 Å². The van der Waals surface area contributed by atoms with Crippen molar-refractivity contribution in [3.8, 4) is 22.4 Å². The fourth-order valence-electron chi connectivity index (χ4n) is 7.02. The summed E-state index contributed by atoms with van der Waals surface area (Å²) in [6, 6.07) is 15.2. The minimum Gasteiger partial charge on any atom is -0.453 e. The molecular weight excluding hydrogens is 637 g/mol. The van der Waals surface area contributed by atoms with E-state index in [1.165, 1.54) is 13.2 Å². The number of carbonyl (C=O) groups is 3. The first-order valence-electron chi connectivity index (χ1n) is 17.4. The number of likely N-dealkylation sites (tertiary alicyclic amines) is 1. The van der Waals surface area contributed by atoms with Gasteiger partial charge in [-0.2, -0.15) is 0 Å². The van der Waals surface area contributed by atoms with Crippen molar-refractivity contribution in [2.24, 2.45) is 0 Å². The smallest absolute Gasteiger partial charge is 0.407 e. The zero-order valence-electron chi connectivity index (χ0n) is 29.0. The molecule has 1 aliphatic heterocycles. The molecule has 0 aliphatic carbocycles. The van der Waals surface area contributed by atoms with E-state index in [1.54, 1.807) is 17.2 Å². The highest BCUT2D eigenvalue weighted by molar-refractivity contribution is 6.05. The Kier molecular flexibility index (Phi) is 10.4. The fourth-order valence-corrected chi connectivity index (χ4v) is 7.02. The lowest BCUT2D eigenvalue weighted by molar-refractivity contribution is -0.134. The third-order valence-electron chi connectivity index (χ3n) is 9.51. The minimum atomic E-state index is -0.659. The number of alkyl carbamates (subject to hydrolysis) is 1. The van der Waals surface area contributed by atoms with Crippen LogP contribution in [0.25, 0.3) is 44.2 Å². The number of aromatic nitrogens is 4. The van der Waals surface area contributed by atoms with Gasteiger partial charge in [-0.25, -0.2) is 19.2 Å². The number of carbonyl (C=O) groups excluding carboxylic acids is 3. The number of imidazole rings is 2. The average Bonchev–Trinajstić information content (AvgIpc) is 3.88. The number of nitrogens with zero attached hydrogens (tertiary/aromatic N) is 4. The molecule has 6 rings (SSSR count). The van der Waals surface area contributed by atoms with E-state index < -0.39 is 6.09 Å². The predicted octanol–water partition coefficient (Wildman–Crippen LogP) is 7.25. The maximum absolute atomic E-state index is 15.7. The van der Waals surface area contributed by atoms with E-state index in [2.05, 4.69) is 31.9 Å². The third-order valence-corrected chi connectivity index (χ3v) is 9.51. The average molecular weight is 682 g/mol. The second kappa shape index (κ2) is 15.1. The van der Waals surface area contributed by atoms with Crippen molar-refractivity contribution in [1.29, 1.82) is 0 Å². The maximum Gasteiger partial charge on any atom is 0.407 e. The van der Waals surface area contributed by atoms with E-state index in [4.69, 9.17) is 4.98 Å². The van der Waals surface area contributed by atoms with Crippen LogP contribution in [0, 0.1) is 5.82 Å². The number of H-pyrrole nitrogens is 2. The molecule has 3 amide bonds. The van der Waals surface area contributed by atoms with E-state index in [1.807, 2.05) is 55.1 Å². The van der Waals surface area contributed by atoms with Crippen molar-refractivity contribution in [3.05, 3.63) is 72.2 Å². The van der Waals surface area contributed by atoms with Crippen LogP contribution in [0.1, 0.15) is 77.0 Å². The Bertz CT molecular complexity index is 2020. The van der Waals surface area contributed by atoms with Crippen LogP contribution in [0.2, 0.25) is 0 Å². The monoisotopic (exact) mass is 681 g/mol. The molecule has 0 bridgehead atoms. The fraction of sp³-hybridized carbons (Fsp3) is 0.395. The van der Waals surface area contributed by atoms with Crippen molar-refractivity contribution >= 4 is 39.7 Å². The Morgan fingerprint density at radius 3 is 2.56 bits per heavy atom. The molecule has 262 valence electrons. The molecule has 3 N–H and O–H groups in total. The molecule has 11 nitrogen and oxygen atoms in total. The Morgan fingerprint density at radius 1 is 1.02 bits per heavy atom. The van der Waals surface area contributed by atoms with Crippen LogP contribution in [0.3, 0.4) is 0 Å². The molecule has 3 aromatic carbocycles. The van der Waals surface area contributed by atoms with Crippen LogP contribution in [-0.2, 0) is 20.9 Å². The van der Waals surface area contributed by atoms with E-state index in [-0.39, 0.29) is 42.8 Å². The van der Waals surface area contributed by atoms with Crippen LogP contribution < -0.4 is 5.32 Å². The lowest BCUT2D eigenvalue weighted by Gasteiger charge is -2.29. The number of ether oxygens (including phenoxy) is 1. The van der Waals surface area contributed by atoms with E-state index in [0.717, 1.165) is 65.0 Å². The Labute approximate surface area is 290 Å². The highest BCUT2D eigenvalue weighted by Crippen LogP contribution is 2.38. The summed E-state index contributed by atoms with van der Waals surface area (Å²) in [4.78, 5) is 56.9. The summed E-state index contributed by atoms with van der Waals surface area (Å²) in [5.41, 5.74) is 4.23. The van der Waals surface area contributed by atoms with Crippen molar-refractivity contribution in [3.63, 3.8) is 0 Å². The number of rotatable bonds is 12. The lowest BCUT2D eigenvalue weighted by Crippen LogP contribution is -2.40. The third kappa shape index (κ3) is 7.05. The molecule has 1 fully saturated rings. The molecule has 12 heteroatoms. The topological polar surface area (TPSA) is 136 Å². The van der Waals surface area contributed by atoms with Crippen LogP contribution in [0.5, 0.6) is 0 Å². The van der Waals surface area contributed by atoms with Gasteiger partial charge in [0.1, 0.15) is 24.0 Å². The Hall–Kier alpha value is -5.26. The summed E-state index contributed by atoms with van der Waals surface area (Å²) < 4.78 is 20.3. The van der Waals surface area contributed by atoms with Crippen LogP contribution in [0.4, 0.5) is 9.18 Å². The molecular formula is C38H44FN7O4. The zero-order chi connectivity index (χ0) is 35.4. The second-order valence-electron chi connectivity index (χ2n) is 12.8. The van der Waals surface area contributed by atoms with Crippen LogP contribution >= 0.6 is 0 Å². The number of nitrogens with one attached hydrogen (secondary N) is 3. The van der Waals surface area contributed by atoms with E-state index in [0.29, 0.717) is 35.9 Å². The maximum atomic E-state index is 15.7. The van der Waals surface area contributed by atoms with Gasteiger partial charge >= 0.3 is 6.09 Å². The summed E-state index contributed by atoms with van der Waals surface area (Å²) >= 11 is 0. The van der Waals surface area contributed by atoms with Crippen molar-refractivity contribution in [2.75, 3.05) is 20.2 Å². The molecule has 0 spiro atoms. The van der Waals surface area contributed by atoms with Gasteiger partial charge in [-0.15, -0.1) is 0 Å². The molecule has 5 aromatic rings. The minimum absolute atomic E-state index is 0.127. The first-order chi connectivity index (χ1) is 24.2. The van der Waals surface area contributed by atoms with Gasteiger partial charge in [-0.05, 0) is 72.9 Å². The van der Waals surface area contributed by atoms with Gasteiger partial charge in [0, 0.05) is 30.0 Å². The van der Waals surface area contributed by atoms with Gasteiger partial charge in [0.25, 0.3) is 0 Å². The van der Waals surface area contributed by atoms with Crippen LogP contribution in [0.15, 0.2) is 54.7 Å². The molecule has 1 aliphatic rings. The largest absolute Gasteiger partial charge is 0.453 e. The van der Waals surface area contributed by atoms with Gasteiger partial charge in [0.2, 0.25) is 11.8 Å². The highest BCUT2D eigenvalue weighted by atomic mass is 19.1. The molecule has 1 unspecified atom stereocenters. The Balaban J connectivity index is 1.21. The SMILES string of the molecule is CCCC(=O)N1C(c2ncc(-c3ccc(-c4ccc5c(ccc6nc(CN(CCC)C(=O)CNC(=O)OC)[nH]c65)c4)cc3F)[nH]2)CC[C@@H]1CC. The first kappa shape index (κ1) is 34.6. The van der Waals surface area contributed by atoms with Crippen molar-refractivity contribution in [2.45, 2.75) is 77.9 Å². The summed E-state index contributed by atoms with van der Waals surface area (Å²) in [7, 11) is 1.25. The normalized spacial score (nSPS) is 15.9. The quantitative estimate of drug-likeness (QED) is 0.127. The molecule has 2 atom stereocenters. The second-order valence-corrected chi connectivity index (χ2v) is 12.8. The number of hydrogen-bond donors (Lipinski definition) is 3. The molecule has 3 heterocycles. The number of amides is 3. The van der Waals surface area contributed by atoms with Crippen molar-refractivity contribution < 1.29 is 23.5 Å². The molecule has 1 saturated heterocycles. The van der Waals surface area contributed by atoms with Gasteiger partial charge in [-0.1, -0.05) is 45.0 Å². The summed E-state index contributed by atoms with van der Waals surface area (Å²) in [5, 5.41) is 4.36. The predicted molar refractivity (Wildman–Crippen MR) is 190 cm³/mol. The Morgan fingerprint density at radius 2 is 1.82 bits per heavy atom. The molecule has 50 heavy (non-hydrogen) atoms. The van der Waals surface area contributed by atoms with Crippen molar-refractivity contribution in [1.82, 2.24) is 35.1 Å². The van der Waals surface area contributed by atoms with E-state index in [9.17, 15) is 14.4 Å². The van der Waals surface area contributed by atoms with Gasteiger partial charge < -0.3 is 29.8 Å². The number of methoxy groups -OCH3 is 1.